The Morgan fingerprint density at radius 1 is 0.652 bits per heavy atom. The highest BCUT2D eigenvalue weighted by molar-refractivity contribution is 4.83. The fourth-order valence-corrected chi connectivity index (χ4v) is 3.26. The van der Waals surface area contributed by atoms with Crippen LogP contribution < -0.4 is 13.7 Å². The van der Waals surface area contributed by atoms with E-state index < -0.39 is 0 Å². The van der Waals surface area contributed by atoms with Crippen LogP contribution in [-0.2, 0) is 40.8 Å². The minimum Gasteiger partial charge on any atom is -0.240 e. The van der Waals surface area contributed by atoms with Gasteiger partial charge in [-0.2, -0.15) is 0 Å². The monoisotopic (exact) mass is 315 g/mol. The Morgan fingerprint density at radius 2 is 0.957 bits per heavy atom. The summed E-state index contributed by atoms with van der Waals surface area (Å²) in [5.74, 6) is 0. The van der Waals surface area contributed by atoms with Gasteiger partial charge in [0.25, 0.3) is 0 Å². The topological polar surface area (TPSA) is 26.4 Å². The van der Waals surface area contributed by atoms with Crippen LogP contribution in [0.1, 0.15) is 6.92 Å². The van der Waals surface area contributed by atoms with Crippen molar-refractivity contribution in [1.29, 1.82) is 0 Å². The molecule has 0 aromatic carbocycles. The maximum absolute atomic E-state index is 2.35. The van der Waals surface area contributed by atoms with Gasteiger partial charge in [0.15, 0.2) is 0 Å². The lowest BCUT2D eigenvalue weighted by Crippen LogP contribution is -2.35. The molecule has 0 aliphatic rings. The summed E-state index contributed by atoms with van der Waals surface area (Å²) in [4.78, 5) is 0. The van der Waals surface area contributed by atoms with Gasteiger partial charge in [0, 0.05) is 0 Å². The van der Waals surface area contributed by atoms with Gasteiger partial charge in [-0.25, -0.2) is 27.4 Å². The molecule has 3 rings (SSSR count). The van der Waals surface area contributed by atoms with E-state index in [1.54, 1.807) is 0 Å². The van der Waals surface area contributed by atoms with Gasteiger partial charge in [0.1, 0.15) is 56.8 Å². The third-order valence-corrected chi connectivity index (χ3v) is 4.16. The molecule has 0 unspecified atom stereocenters. The Balaban J connectivity index is 1.84. The van der Waals surface area contributed by atoms with Crippen molar-refractivity contribution in [3.8, 4) is 0 Å². The molecule has 6 nitrogen and oxygen atoms in total. The average molecular weight is 315 g/mol. The largest absolute Gasteiger partial charge is 0.243 e. The van der Waals surface area contributed by atoms with Gasteiger partial charge in [0.05, 0.1) is 26.6 Å². The lowest BCUT2D eigenvalue weighted by Gasteiger charge is -2.23. The van der Waals surface area contributed by atoms with Crippen LogP contribution in [0.4, 0.5) is 0 Å². The fourth-order valence-electron chi connectivity index (χ4n) is 3.26. The molecule has 0 bridgehead atoms. The summed E-state index contributed by atoms with van der Waals surface area (Å²) < 4.78 is 13.1. The first-order chi connectivity index (χ1) is 10.9. The third kappa shape index (κ3) is 3.88. The molecule has 3 aromatic rings. The highest BCUT2D eigenvalue weighted by Gasteiger charge is 2.33. The zero-order valence-electron chi connectivity index (χ0n) is 14.5. The minimum absolute atomic E-state index is 0.101. The summed E-state index contributed by atoms with van der Waals surface area (Å²) in [6.45, 7) is 5.26. The first-order valence-electron chi connectivity index (χ1n) is 7.95. The maximum atomic E-state index is 2.35. The van der Waals surface area contributed by atoms with Crippen molar-refractivity contribution in [3.63, 3.8) is 0 Å². The van der Waals surface area contributed by atoms with Crippen LogP contribution in [0.3, 0.4) is 0 Å². The Bertz CT molecular complexity index is 675. The first-order valence-corrected chi connectivity index (χ1v) is 7.95. The predicted octanol–water partition coefficient (Wildman–Crippen LogP) is -0.0287. The molecule has 23 heavy (non-hydrogen) atoms. The van der Waals surface area contributed by atoms with E-state index in [1.165, 1.54) is 0 Å². The van der Waals surface area contributed by atoms with Gasteiger partial charge in [-0.1, -0.05) is 0 Å². The van der Waals surface area contributed by atoms with Crippen molar-refractivity contribution in [2.24, 2.45) is 26.6 Å². The predicted molar refractivity (Wildman–Crippen MR) is 84.9 cm³/mol. The number of hydrogen-bond donors (Lipinski definition) is 0. The zero-order chi connectivity index (χ0) is 16.4. The van der Waals surface area contributed by atoms with Crippen molar-refractivity contribution < 1.29 is 13.7 Å². The van der Waals surface area contributed by atoms with E-state index in [2.05, 4.69) is 112 Å². The molecule has 0 saturated carbocycles. The number of rotatable bonds is 6. The molecule has 0 radical (unpaired) electrons. The lowest BCUT2D eigenvalue weighted by molar-refractivity contribution is -0.671. The molecular weight excluding hydrogens is 288 g/mol. The molecule has 0 amide bonds. The number of hydrogen-bond acceptors (Lipinski definition) is 0. The first kappa shape index (κ1) is 15.5. The van der Waals surface area contributed by atoms with Crippen LogP contribution in [0.25, 0.3) is 0 Å². The third-order valence-electron chi connectivity index (χ3n) is 4.16. The summed E-state index contributed by atoms with van der Waals surface area (Å²) in [5, 5.41) is 0. The average Bonchev–Trinajstić information content (AvgIpc) is 3.14. The maximum Gasteiger partial charge on any atom is 0.243 e. The van der Waals surface area contributed by atoms with Crippen molar-refractivity contribution in [3.05, 3.63) is 56.2 Å². The second kappa shape index (κ2) is 6.02. The van der Waals surface area contributed by atoms with Crippen LogP contribution >= 0.6 is 0 Å². The smallest absolute Gasteiger partial charge is 0.240 e. The molecule has 0 spiro atoms. The van der Waals surface area contributed by atoms with E-state index in [-0.39, 0.29) is 5.41 Å². The summed E-state index contributed by atoms with van der Waals surface area (Å²) in [6.07, 6.45) is 19.1. The van der Waals surface area contributed by atoms with E-state index in [1.807, 2.05) is 0 Å². The Labute approximate surface area is 137 Å². The van der Waals surface area contributed by atoms with E-state index in [0.29, 0.717) is 0 Å². The highest BCUT2D eigenvalue weighted by Crippen LogP contribution is 2.24. The van der Waals surface area contributed by atoms with Crippen LogP contribution in [0.2, 0.25) is 0 Å². The van der Waals surface area contributed by atoms with Gasteiger partial charge in [-0.3, -0.25) is 0 Å². The second-order valence-corrected chi connectivity index (χ2v) is 7.06. The molecule has 0 atom stereocenters. The Kier molecular flexibility index (Phi) is 4.07. The van der Waals surface area contributed by atoms with Crippen molar-refractivity contribution in [1.82, 2.24) is 13.7 Å². The zero-order valence-corrected chi connectivity index (χ0v) is 14.5. The quantitative estimate of drug-likeness (QED) is 0.571. The SMILES string of the molecule is C[n+]1ccn(CC(C)(Cn2cc[n+](C)c2)Cn2cc[n+](C)c2)c1. The van der Waals surface area contributed by atoms with Gasteiger partial charge >= 0.3 is 0 Å². The highest BCUT2D eigenvalue weighted by atomic mass is 15.2. The van der Waals surface area contributed by atoms with Crippen molar-refractivity contribution in [2.45, 2.75) is 26.6 Å². The van der Waals surface area contributed by atoms with E-state index in [0.717, 1.165) is 19.6 Å². The van der Waals surface area contributed by atoms with E-state index in [4.69, 9.17) is 0 Å². The molecule has 0 N–H and O–H groups in total. The number of aryl methyl sites for hydroxylation is 3. The normalized spacial score (nSPS) is 12.0. The fraction of sp³-hybridized carbons (Fsp3) is 0.471. The summed E-state index contributed by atoms with van der Waals surface area (Å²) in [7, 11) is 6.18. The molecule has 122 valence electrons. The van der Waals surface area contributed by atoms with Crippen LogP contribution in [0.15, 0.2) is 56.2 Å². The van der Waals surface area contributed by atoms with Gasteiger partial charge < -0.3 is 0 Å². The van der Waals surface area contributed by atoms with E-state index in [9.17, 15) is 0 Å². The van der Waals surface area contributed by atoms with Crippen LogP contribution in [0, 0.1) is 5.41 Å². The Hall–Kier alpha value is -2.37. The van der Waals surface area contributed by atoms with Gasteiger partial charge in [-0.15, -0.1) is 0 Å². The number of nitrogens with zero attached hydrogens (tertiary/aromatic N) is 6. The molecule has 0 fully saturated rings. The van der Waals surface area contributed by atoms with Gasteiger partial charge in [-0.05, 0) is 6.92 Å². The standard InChI is InChI=1S/C17H27N6/c1-17(11-21-8-5-18(2)14-21,12-22-9-6-19(3)15-22)13-23-10-7-20(4)16-23/h5-10,14-16H,11-13H2,1-4H3/q+3. The van der Waals surface area contributed by atoms with Crippen molar-refractivity contribution >= 4 is 0 Å². The minimum atomic E-state index is 0.101. The van der Waals surface area contributed by atoms with Crippen LogP contribution in [-0.4, -0.2) is 13.7 Å². The lowest BCUT2D eigenvalue weighted by atomic mass is 9.90. The summed E-state index contributed by atoms with van der Waals surface area (Å²) in [5.41, 5.74) is 0.101. The molecular formula is C17H27N6+3. The molecule has 3 aromatic heterocycles. The molecule has 0 saturated heterocycles. The molecule has 6 heteroatoms. The molecule has 0 aliphatic carbocycles. The van der Waals surface area contributed by atoms with Crippen molar-refractivity contribution in [2.75, 3.05) is 0 Å². The van der Waals surface area contributed by atoms with E-state index >= 15 is 0 Å². The summed E-state index contributed by atoms with van der Waals surface area (Å²) in [6, 6.07) is 0. The number of aromatic nitrogens is 6. The van der Waals surface area contributed by atoms with Crippen LogP contribution in [0.5, 0.6) is 0 Å². The molecule has 0 aliphatic heterocycles. The van der Waals surface area contributed by atoms with Gasteiger partial charge in [0.2, 0.25) is 19.0 Å². The summed E-state index contributed by atoms with van der Waals surface area (Å²) >= 11 is 0. The Morgan fingerprint density at radius 3 is 1.17 bits per heavy atom. The number of imidazole rings is 3. The second-order valence-electron chi connectivity index (χ2n) is 7.06. The molecule has 3 heterocycles.